The van der Waals surface area contributed by atoms with Crippen LogP contribution in [-0.2, 0) is 16.8 Å². The fourth-order valence-corrected chi connectivity index (χ4v) is 2.34. The zero-order valence-electron chi connectivity index (χ0n) is 13.0. The van der Waals surface area contributed by atoms with Gasteiger partial charge >= 0.3 is 5.97 Å². The second-order valence-electron chi connectivity index (χ2n) is 6.46. The van der Waals surface area contributed by atoms with Crippen LogP contribution < -0.4 is 0 Å². The van der Waals surface area contributed by atoms with Gasteiger partial charge in [0, 0.05) is 11.1 Å². The number of benzene rings is 1. The average Bonchev–Trinajstić information content (AvgIpc) is 2.88. The van der Waals surface area contributed by atoms with Crippen molar-refractivity contribution in [3.63, 3.8) is 0 Å². The molecular formula is C17H22N2O2. The molecule has 0 saturated heterocycles. The first-order valence-electron chi connectivity index (χ1n) is 7.14. The third-order valence-electron chi connectivity index (χ3n) is 3.55. The molecule has 0 radical (unpaired) electrons. The highest BCUT2D eigenvalue weighted by molar-refractivity contribution is 5.70. The Labute approximate surface area is 125 Å². The Kier molecular flexibility index (Phi) is 4.16. The van der Waals surface area contributed by atoms with Crippen molar-refractivity contribution in [3.05, 3.63) is 42.4 Å². The van der Waals surface area contributed by atoms with E-state index in [0.29, 0.717) is 6.42 Å². The third-order valence-corrected chi connectivity index (χ3v) is 3.55. The molecule has 1 N–H and O–H groups in total. The largest absolute Gasteiger partial charge is 0.481 e. The number of hydrogen-bond donors (Lipinski definition) is 1. The molecule has 21 heavy (non-hydrogen) atoms. The minimum Gasteiger partial charge on any atom is -0.481 e. The normalized spacial score (nSPS) is 13.1. The van der Waals surface area contributed by atoms with Crippen LogP contribution in [0.1, 0.15) is 33.3 Å². The summed E-state index contributed by atoms with van der Waals surface area (Å²) in [6.45, 7) is 8.13. The number of aromatic nitrogens is 2. The summed E-state index contributed by atoms with van der Waals surface area (Å²) in [7, 11) is 0. The van der Waals surface area contributed by atoms with E-state index in [2.05, 4.69) is 36.4 Å². The van der Waals surface area contributed by atoms with Gasteiger partial charge in [-0.1, -0.05) is 25.1 Å². The fourth-order valence-electron chi connectivity index (χ4n) is 2.34. The quantitative estimate of drug-likeness (QED) is 0.934. The van der Waals surface area contributed by atoms with Gasteiger partial charge in [-0.15, -0.1) is 0 Å². The summed E-state index contributed by atoms with van der Waals surface area (Å²) in [5.41, 5.74) is 3.10. The van der Waals surface area contributed by atoms with E-state index >= 15 is 0 Å². The van der Waals surface area contributed by atoms with Gasteiger partial charge in [-0.25, -0.2) is 4.98 Å². The van der Waals surface area contributed by atoms with Gasteiger partial charge in [0.15, 0.2) is 0 Å². The monoisotopic (exact) mass is 286 g/mol. The number of carbonyl (C=O) groups is 1. The Morgan fingerprint density at radius 2 is 2.10 bits per heavy atom. The summed E-state index contributed by atoms with van der Waals surface area (Å²) >= 11 is 0. The Bertz CT molecular complexity index is 638. The Hall–Kier alpha value is -2.10. The molecule has 0 saturated carbocycles. The van der Waals surface area contributed by atoms with Crippen molar-refractivity contribution in [2.75, 3.05) is 0 Å². The molecule has 0 spiro atoms. The van der Waals surface area contributed by atoms with Gasteiger partial charge in [0.05, 0.1) is 24.1 Å². The van der Waals surface area contributed by atoms with Crippen LogP contribution in [0.2, 0.25) is 0 Å². The Morgan fingerprint density at radius 3 is 2.71 bits per heavy atom. The van der Waals surface area contributed by atoms with Crippen LogP contribution >= 0.6 is 0 Å². The molecule has 4 heteroatoms. The maximum absolute atomic E-state index is 11.0. The van der Waals surface area contributed by atoms with Gasteiger partial charge < -0.3 is 9.67 Å². The highest BCUT2D eigenvalue weighted by Crippen LogP contribution is 2.26. The summed E-state index contributed by atoms with van der Waals surface area (Å²) in [6.07, 6.45) is 4.22. The number of rotatable bonds is 4. The van der Waals surface area contributed by atoms with Crippen molar-refractivity contribution in [2.24, 2.45) is 5.92 Å². The molecule has 0 bridgehead atoms. The zero-order chi connectivity index (χ0) is 15.6. The fraction of sp³-hybridized carbons (Fsp3) is 0.412. The molecule has 1 aromatic carbocycles. The number of hydrogen-bond acceptors (Lipinski definition) is 2. The van der Waals surface area contributed by atoms with Gasteiger partial charge in [-0.3, -0.25) is 4.79 Å². The van der Waals surface area contributed by atoms with Crippen molar-refractivity contribution >= 4 is 5.97 Å². The molecule has 1 aromatic heterocycles. The molecule has 0 aliphatic heterocycles. The van der Waals surface area contributed by atoms with Crippen molar-refractivity contribution in [1.29, 1.82) is 0 Å². The lowest BCUT2D eigenvalue weighted by atomic mass is 9.98. The van der Waals surface area contributed by atoms with Gasteiger partial charge in [0.1, 0.15) is 0 Å². The molecule has 1 heterocycles. The number of imidazole rings is 1. The van der Waals surface area contributed by atoms with Crippen LogP contribution in [0, 0.1) is 5.92 Å². The Morgan fingerprint density at radius 1 is 1.38 bits per heavy atom. The predicted molar refractivity (Wildman–Crippen MR) is 83.2 cm³/mol. The van der Waals surface area contributed by atoms with E-state index in [9.17, 15) is 4.79 Å². The van der Waals surface area contributed by atoms with Crippen LogP contribution in [0.25, 0.3) is 11.3 Å². The molecule has 1 atom stereocenters. The maximum atomic E-state index is 11.0. The maximum Gasteiger partial charge on any atom is 0.306 e. The van der Waals surface area contributed by atoms with Crippen LogP contribution in [0.4, 0.5) is 0 Å². The average molecular weight is 286 g/mol. The number of carboxylic acids is 1. The summed E-state index contributed by atoms with van der Waals surface area (Å²) in [4.78, 5) is 15.2. The standard InChI is InChI=1S/C17H22N2O2/c1-12(16(20)21)8-13-6-5-7-14(9-13)15-10-18-11-19(15)17(2,3)4/h5-7,9-12H,8H2,1-4H3,(H,20,21). The van der Waals surface area contributed by atoms with E-state index in [4.69, 9.17) is 5.11 Å². The van der Waals surface area contributed by atoms with Gasteiger partial charge in [0.2, 0.25) is 0 Å². The molecule has 112 valence electrons. The van der Waals surface area contributed by atoms with E-state index in [-0.39, 0.29) is 11.5 Å². The topological polar surface area (TPSA) is 55.1 Å². The van der Waals surface area contributed by atoms with E-state index in [1.807, 2.05) is 30.7 Å². The van der Waals surface area contributed by atoms with Crippen molar-refractivity contribution in [1.82, 2.24) is 9.55 Å². The van der Waals surface area contributed by atoms with Gasteiger partial charge in [-0.2, -0.15) is 0 Å². The first-order valence-corrected chi connectivity index (χ1v) is 7.14. The summed E-state index contributed by atoms with van der Waals surface area (Å²) in [6, 6.07) is 8.03. The number of carboxylic acid groups (broad SMARTS) is 1. The number of nitrogens with zero attached hydrogens (tertiary/aromatic N) is 2. The molecule has 2 aromatic rings. The van der Waals surface area contributed by atoms with Crippen molar-refractivity contribution in [2.45, 2.75) is 39.7 Å². The SMILES string of the molecule is CC(Cc1cccc(-c2cncn2C(C)(C)C)c1)C(=O)O. The molecule has 1 unspecified atom stereocenters. The van der Waals surface area contributed by atoms with Crippen LogP contribution in [-0.4, -0.2) is 20.6 Å². The highest BCUT2D eigenvalue weighted by Gasteiger charge is 2.18. The van der Waals surface area contributed by atoms with Crippen LogP contribution in [0.5, 0.6) is 0 Å². The lowest BCUT2D eigenvalue weighted by molar-refractivity contribution is -0.141. The lowest BCUT2D eigenvalue weighted by Crippen LogP contribution is -2.21. The van der Waals surface area contributed by atoms with E-state index in [1.54, 1.807) is 6.92 Å². The first-order chi connectivity index (χ1) is 9.79. The van der Waals surface area contributed by atoms with Crippen LogP contribution in [0.3, 0.4) is 0 Å². The molecule has 4 nitrogen and oxygen atoms in total. The zero-order valence-corrected chi connectivity index (χ0v) is 13.0. The van der Waals surface area contributed by atoms with Crippen molar-refractivity contribution in [3.8, 4) is 11.3 Å². The van der Waals surface area contributed by atoms with Gasteiger partial charge in [0.25, 0.3) is 0 Å². The minimum absolute atomic E-state index is 0.0454. The second kappa shape index (κ2) is 5.72. The van der Waals surface area contributed by atoms with E-state index in [0.717, 1.165) is 16.8 Å². The lowest BCUT2D eigenvalue weighted by Gasteiger charge is -2.23. The molecule has 0 aliphatic carbocycles. The minimum atomic E-state index is -0.764. The molecular weight excluding hydrogens is 264 g/mol. The van der Waals surface area contributed by atoms with Gasteiger partial charge in [-0.05, 0) is 38.8 Å². The Balaban J connectivity index is 2.34. The first kappa shape index (κ1) is 15.3. The molecule has 2 rings (SSSR count). The highest BCUT2D eigenvalue weighted by atomic mass is 16.4. The summed E-state index contributed by atoms with van der Waals surface area (Å²) in [5, 5.41) is 9.03. The molecule has 0 aliphatic rings. The smallest absolute Gasteiger partial charge is 0.306 e. The summed E-state index contributed by atoms with van der Waals surface area (Å²) in [5.74, 6) is -1.15. The second-order valence-corrected chi connectivity index (χ2v) is 6.46. The van der Waals surface area contributed by atoms with E-state index < -0.39 is 5.97 Å². The van der Waals surface area contributed by atoms with E-state index in [1.165, 1.54) is 0 Å². The van der Waals surface area contributed by atoms with Crippen LogP contribution in [0.15, 0.2) is 36.8 Å². The van der Waals surface area contributed by atoms with Crippen molar-refractivity contribution < 1.29 is 9.90 Å². The summed E-state index contributed by atoms with van der Waals surface area (Å²) < 4.78 is 2.13. The molecule has 0 amide bonds. The predicted octanol–water partition coefficient (Wildman–Crippen LogP) is 3.57. The third kappa shape index (κ3) is 3.51. The molecule has 0 fully saturated rings. The number of aliphatic carboxylic acids is 1.